The van der Waals surface area contributed by atoms with Crippen molar-refractivity contribution in [3.05, 3.63) is 35.9 Å². The van der Waals surface area contributed by atoms with E-state index in [1.807, 2.05) is 35.2 Å². The van der Waals surface area contributed by atoms with Crippen molar-refractivity contribution in [3.8, 4) is 0 Å². The summed E-state index contributed by atoms with van der Waals surface area (Å²) in [6.07, 6.45) is 3.01. The van der Waals surface area contributed by atoms with Crippen LogP contribution in [0.1, 0.15) is 36.0 Å². The molecule has 2 aliphatic rings. The highest BCUT2D eigenvalue weighted by molar-refractivity contribution is 5.94. The summed E-state index contributed by atoms with van der Waals surface area (Å²) in [4.78, 5) is 39.9. The Morgan fingerprint density at radius 1 is 0.963 bits per heavy atom. The van der Waals surface area contributed by atoms with E-state index in [2.05, 4.69) is 10.2 Å². The summed E-state index contributed by atoms with van der Waals surface area (Å²) < 4.78 is 0. The number of hydrogen-bond donors (Lipinski definition) is 2. The van der Waals surface area contributed by atoms with Crippen molar-refractivity contribution >= 4 is 17.7 Å². The van der Waals surface area contributed by atoms with Crippen LogP contribution in [-0.2, 0) is 9.59 Å². The topological polar surface area (TPSA) is 95.7 Å². The lowest BCUT2D eigenvalue weighted by atomic mass is 9.96. The molecule has 1 aromatic carbocycles. The van der Waals surface area contributed by atoms with Crippen LogP contribution in [0.4, 0.5) is 0 Å². The standard InChI is InChI=1S/C20H28N4O3/c21-19(26)15-6-12-24(13-7-15)18(25)14-23-10-8-17(9-11-23)22-20(27)16-4-2-1-3-5-16/h1-5,15,17H,6-14H2,(H2,21,26)(H,22,27). The fourth-order valence-electron chi connectivity index (χ4n) is 3.80. The van der Waals surface area contributed by atoms with Gasteiger partial charge in [0.25, 0.3) is 5.91 Å². The highest BCUT2D eigenvalue weighted by Crippen LogP contribution is 2.18. The van der Waals surface area contributed by atoms with E-state index in [1.54, 1.807) is 0 Å². The van der Waals surface area contributed by atoms with Crippen LogP contribution in [0.25, 0.3) is 0 Å². The molecule has 27 heavy (non-hydrogen) atoms. The van der Waals surface area contributed by atoms with E-state index in [-0.39, 0.29) is 29.7 Å². The zero-order valence-corrected chi connectivity index (χ0v) is 15.6. The van der Waals surface area contributed by atoms with Gasteiger partial charge in [-0.25, -0.2) is 0 Å². The number of rotatable bonds is 5. The first kappa shape index (κ1) is 19.4. The van der Waals surface area contributed by atoms with E-state index in [9.17, 15) is 14.4 Å². The Morgan fingerprint density at radius 2 is 1.59 bits per heavy atom. The number of hydrogen-bond acceptors (Lipinski definition) is 4. The summed E-state index contributed by atoms with van der Waals surface area (Å²) in [6.45, 7) is 3.21. The molecule has 0 bridgehead atoms. The van der Waals surface area contributed by atoms with Crippen LogP contribution in [0.15, 0.2) is 30.3 Å². The lowest BCUT2D eigenvalue weighted by Gasteiger charge is -2.35. The number of likely N-dealkylation sites (tertiary alicyclic amines) is 2. The van der Waals surface area contributed by atoms with Crippen LogP contribution in [0, 0.1) is 5.92 Å². The second-order valence-corrected chi connectivity index (χ2v) is 7.45. The monoisotopic (exact) mass is 372 g/mol. The molecule has 3 N–H and O–H groups in total. The second kappa shape index (κ2) is 8.99. The quantitative estimate of drug-likeness (QED) is 0.791. The molecule has 2 fully saturated rings. The Bertz CT molecular complexity index is 663. The van der Waals surface area contributed by atoms with Crippen molar-refractivity contribution in [3.63, 3.8) is 0 Å². The average Bonchev–Trinajstić information content (AvgIpc) is 2.70. The molecule has 7 nitrogen and oxygen atoms in total. The van der Waals surface area contributed by atoms with Crippen LogP contribution in [0.2, 0.25) is 0 Å². The number of amides is 3. The summed E-state index contributed by atoms with van der Waals surface area (Å²) in [7, 11) is 0. The van der Waals surface area contributed by atoms with Crippen molar-refractivity contribution in [1.82, 2.24) is 15.1 Å². The normalized spacial score (nSPS) is 19.6. The van der Waals surface area contributed by atoms with Gasteiger partial charge in [0, 0.05) is 43.7 Å². The minimum Gasteiger partial charge on any atom is -0.369 e. The minimum absolute atomic E-state index is 0.0394. The molecule has 0 atom stereocenters. The van der Waals surface area contributed by atoms with Gasteiger partial charge in [-0.05, 0) is 37.8 Å². The van der Waals surface area contributed by atoms with E-state index >= 15 is 0 Å². The van der Waals surface area contributed by atoms with Crippen LogP contribution in [0.5, 0.6) is 0 Å². The molecule has 2 saturated heterocycles. The number of carbonyl (C=O) groups is 3. The summed E-state index contributed by atoms with van der Waals surface area (Å²) in [5.74, 6) is -0.285. The summed E-state index contributed by atoms with van der Waals surface area (Å²) in [5, 5.41) is 3.08. The SMILES string of the molecule is NC(=O)C1CCN(C(=O)CN2CCC(NC(=O)c3ccccc3)CC2)CC1. The second-order valence-electron chi connectivity index (χ2n) is 7.45. The third-order valence-corrected chi connectivity index (χ3v) is 5.57. The summed E-state index contributed by atoms with van der Waals surface area (Å²) in [6, 6.07) is 9.37. The van der Waals surface area contributed by atoms with E-state index in [4.69, 9.17) is 5.73 Å². The molecule has 146 valence electrons. The molecule has 2 heterocycles. The van der Waals surface area contributed by atoms with Crippen molar-refractivity contribution in [2.24, 2.45) is 11.7 Å². The van der Waals surface area contributed by atoms with Gasteiger partial charge in [-0.1, -0.05) is 18.2 Å². The average molecular weight is 372 g/mol. The van der Waals surface area contributed by atoms with Crippen molar-refractivity contribution in [2.45, 2.75) is 31.7 Å². The fourth-order valence-corrected chi connectivity index (χ4v) is 3.80. The number of benzene rings is 1. The fraction of sp³-hybridized carbons (Fsp3) is 0.550. The minimum atomic E-state index is -0.262. The first-order valence-electron chi connectivity index (χ1n) is 9.68. The Morgan fingerprint density at radius 3 is 2.19 bits per heavy atom. The Hall–Kier alpha value is -2.41. The molecule has 0 aromatic heterocycles. The maximum atomic E-state index is 12.5. The van der Waals surface area contributed by atoms with Crippen LogP contribution < -0.4 is 11.1 Å². The number of primary amides is 1. The molecular weight excluding hydrogens is 344 g/mol. The number of nitrogens with zero attached hydrogens (tertiary/aromatic N) is 2. The van der Waals surface area contributed by atoms with Crippen LogP contribution in [-0.4, -0.2) is 66.3 Å². The lowest BCUT2D eigenvalue weighted by Crippen LogP contribution is -2.49. The first-order chi connectivity index (χ1) is 13.0. The van der Waals surface area contributed by atoms with Gasteiger partial charge in [-0.3, -0.25) is 19.3 Å². The highest BCUT2D eigenvalue weighted by Gasteiger charge is 2.28. The van der Waals surface area contributed by atoms with Gasteiger partial charge in [0.1, 0.15) is 0 Å². The van der Waals surface area contributed by atoms with Gasteiger partial charge in [0.15, 0.2) is 0 Å². The van der Waals surface area contributed by atoms with Gasteiger partial charge in [0.05, 0.1) is 6.54 Å². The van der Waals surface area contributed by atoms with Gasteiger partial charge < -0.3 is 16.0 Å². The number of nitrogens with one attached hydrogen (secondary N) is 1. The number of nitrogens with two attached hydrogens (primary N) is 1. The first-order valence-corrected chi connectivity index (χ1v) is 9.68. The van der Waals surface area contributed by atoms with Gasteiger partial charge in [-0.15, -0.1) is 0 Å². The zero-order valence-electron chi connectivity index (χ0n) is 15.6. The smallest absolute Gasteiger partial charge is 0.251 e. The van der Waals surface area contributed by atoms with Crippen molar-refractivity contribution < 1.29 is 14.4 Å². The van der Waals surface area contributed by atoms with Crippen molar-refractivity contribution in [1.29, 1.82) is 0 Å². The molecule has 0 saturated carbocycles. The predicted octanol–water partition coefficient (Wildman–Crippen LogP) is 0.605. The lowest BCUT2D eigenvalue weighted by molar-refractivity contribution is -0.136. The van der Waals surface area contributed by atoms with Gasteiger partial charge >= 0.3 is 0 Å². The number of piperidine rings is 2. The molecule has 0 radical (unpaired) electrons. The molecular formula is C20H28N4O3. The third kappa shape index (κ3) is 5.29. The maximum Gasteiger partial charge on any atom is 0.251 e. The molecule has 3 rings (SSSR count). The van der Waals surface area contributed by atoms with E-state index < -0.39 is 0 Å². The van der Waals surface area contributed by atoms with Crippen molar-refractivity contribution in [2.75, 3.05) is 32.7 Å². The molecule has 7 heteroatoms. The molecule has 0 unspecified atom stereocenters. The molecule has 1 aromatic rings. The zero-order chi connectivity index (χ0) is 19.2. The summed E-state index contributed by atoms with van der Waals surface area (Å²) >= 11 is 0. The van der Waals surface area contributed by atoms with Gasteiger partial charge in [0.2, 0.25) is 11.8 Å². The number of carbonyl (C=O) groups excluding carboxylic acids is 3. The highest BCUT2D eigenvalue weighted by atomic mass is 16.2. The Kier molecular flexibility index (Phi) is 6.45. The molecule has 2 aliphatic heterocycles. The van der Waals surface area contributed by atoms with Gasteiger partial charge in [-0.2, -0.15) is 0 Å². The predicted molar refractivity (Wildman–Crippen MR) is 102 cm³/mol. The van der Waals surface area contributed by atoms with Crippen LogP contribution >= 0.6 is 0 Å². The molecule has 3 amide bonds. The van der Waals surface area contributed by atoms with E-state index in [0.717, 1.165) is 25.9 Å². The van der Waals surface area contributed by atoms with E-state index in [0.29, 0.717) is 38.0 Å². The molecule has 0 spiro atoms. The largest absolute Gasteiger partial charge is 0.369 e. The summed E-state index contributed by atoms with van der Waals surface area (Å²) in [5.41, 5.74) is 6.02. The van der Waals surface area contributed by atoms with Crippen LogP contribution in [0.3, 0.4) is 0 Å². The Balaban J connectivity index is 1.39. The maximum absolute atomic E-state index is 12.5. The van der Waals surface area contributed by atoms with E-state index in [1.165, 1.54) is 0 Å². The molecule has 0 aliphatic carbocycles. The third-order valence-electron chi connectivity index (χ3n) is 5.57. The Labute approximate surface area is 159 Å².